The van der Waals surface area contributed by atoms with Crippen molar-refractivity contribution in [2.24, 2.45) is 0 Å². The molecule has 0 aliphatic rings. The van der Waals surface area contributed by atoms with E-state index in [9.17, 15) is 0 Å². The molecule has 0 atom stereocenters. The quantitative estimate of drug-likeness (QED) is 0.801. The molecule has 1 aromatic heterocycles. The lowest BCUT2D eigenvalue weighted by molar-refractivity contribution is 0.340. The number of aromatic nitrogens is 3. The van der Waals surface area contributed by atoms with Crippen LogP contribution in [-0.4, -0.2) is 21.6 Å². The Morgan fingerprint density at radius 3 is 2.68 bits per heavy atom. The molecular formula is C15H21N3O. The molecular weight excluding hydrogens is 238 g/mol. The largest absolute Gasteiger partial charge is 0.494 e. The van der Waals surface area contributed by atoms with E-state index in [0.717, 1.165) is 30.8 Å². The van der Waals surface area contributed by atoms with Crippen molar-refractivity contribution in [3.63, 3.8) is 0 Å². The van der Waals surface area contributed by atoms with Crippen LogP contribution >= 0.6 is 0 Å². The molecule has 0 N–H and O–H groups in total. The van der Waals surface area contributed by atoms with Gasteiger partial charge in [0.25, 0.3) is 0 Å². The van der Waals surface area contributed by atoms with Gasteiger partial charge in [-0.1, -0.05) is 11.3 Å². The summed E-state index contributed by atoms with van der Waals surface area (Å²) >= 11 is 0. The number of aryl methyl sites for hydroxylation is 4. The van der Waals surface area contributed by atoms with Crippen LogP contribution in [0.25, 0.3) is 0 Å². The zero-order valence-electron chi connectivity index (χ0n) is 11.9. The van der Waals surface area contributed by atoms with Crippen molar-refractivity contribution >= 4 is 0 Å². The molecule has 0 aliphatic carbocycles. The lowest BCUT2D eigenvalue weighted by atomic mass is 10.0. The highest BCUT2D eigenvalue weighted by molar-refractivity contribution is 5.35. The molecule has 2 aromatic rings. The summed E-state index contributed by atoms with van der Waals surface area (Å²) in [4.78, 5) is 0. The molecule has 0 fully saturated rings. The van der Waals surface area contributed by atoms with E-state index in [2.05, 4.69) is 36.3 Å². The summed E-state index contributed by atoms with van der Waals surface area (Å²) in [6.07, 6.45) is 3.93. The normalized spacial score (nSPS) is 10.7. The molecule has 0 bridgehead atoms. The fourth-order valence-corrected chi connectivity index (χ4v) is 2.08. The van der Waals surface area contributed by atoms with Crippen LogP contribution in [0.3, 0.4) is 0 Å². The second-order valence-corrected chi connectivity index (χ2v) is 4.59. The lowest BCUT2D eigenvalue weighted by Gasteiger charge is -2.08. The van der Waals surface area contributed by atoms with E-state index >= 15 is 0 Å². The summed E-state index contributed by atoms with van der Waals surface area (Å²) in [7, 11) is 0. The average molecular weight is 259 g/mol. The highest BCUT2D eigenvalue weighted by atomic mass is 16.5. The van der Waals surface area contributed by atoms with Crippen LogP contribution in [0.15, 0.2) is 24.4 Å². The maximum Gasteiger partial charge on any atom is 0.119 e. The van der Waals surface area contributed by atoms with Crippen LogP contribution in [0.5, 0.6) is 5.75 Å². The smallest absolute Gasteiger partial charge is 0.119 e. The van der Waals surface area contributed by atoms with Gasteiger partial charge in [0.05, 0.1) is 12.3 Å². The van der Waals surface area contributed by atoms with Crippen LogP contribution in [0.1, 0.15) is 30.7 Å². The highest BCUT2D eigenvalue weighted by Gasteiger charge is 2.04. The molecule has 1 aromatic carbocycles. The highest BCUT2D eigenvalue weighted by Crippen LogP contribution is 2.18. The molecule has 4 heteroatoms. The molecule has 2 rings (SSSR count). The van der Waals surface area contributed by atoms with E-state index in [1.165, 1.54) is 11.1 Å². The molecule has 0 spiro atoms. The molecule has 0 aliphatic heterocycles. The Hall–Kier alpha value is -1.84. The molecule has 1 heterocycles. The minimum atomic E-state index is 0.707. The summed E-state index contributed by atoms with van der Waals surface area (Å²) in [5.41, 5.74) is 3.67. The van der Waals surface area contributed by atoms with Gasteiger partial charge in [0.2, 0.25) is 0 Å². The second kappa shape index (κ2) is 6.36. The van der Waals surface area contributed by atoms with E-state index in [1.807, 2.05) is 23.9 Å². The molecule has 0 saturated carbocycles. The summed E-state index contributed by atoms with van der Waals surface area (Å²) in [6.45, 7) is 7.77. The predicted octanol–water partition coefficient (Wildman–Crippen LogP) is 2.79. The van der Waals surface area contributed by atoms with Crippen molar-refractivity contribution in [1.29, 1.82) is 0 Å². The third-order valence-corrected chi connectivity index (χ3v) is 3.19. The van der Waals surface area contributed by atoms with Gasteiger partial charge in [-0.05, 0) is 56.9 Å². The van der Waals surface area contributed by atoms with Crippen LogP contribution in [-0.2, 0) is 19.4 Å². The van der Waals surface area contributed by atoms with Gasteiger partial charge in [-0.2, -0.15) is 0 Å². The maximum absolute atomic E-state index is 5.50. The summed E-state index contributed by atoms with van der Waals surface area (Å²) in [5.74, 6) is 0.945. The minimum Gasteiger partial charge on any atom is -0.494 e. The third kappa shape index (κ3) is 3.56. The third-order valence-electron chi connectivity index (χ3n) is 3.19. The maximum atomic E-state index is 5.50. The first-order chi connectivity index (χ1) is 9.22. The van der Waals surface area contributed by atoms with Gasteiger partial charge in [-0.15, -0.1) is 5.10 Å². The van der Waals surface area contributed by atoms with E-state index in [-0.39, 0.29) is 0 Å². The van der Waals surface area contributed by atoms with E-state index in [4.69, 9.17) is 4.74 Å². The van der Waals surface area contributed by atoms with Gasteiger partial charge >= 0.3 is 0 Å². The first-order valence-electron chi connectivity index (χ1n) is 6.84. The molecule has 0 saturated heterocycles. The molecule has 19 heavy (non-hydrogen) atoms. The predicted molar refractivity (Wildman–Crippen MR) is 75.5 cm³/mol. The van der Waals surface area contributed by atoms with Gasteiger partial charge < -0.3 is 4.74 Å². The molecule has 0 radical (unpaired) electrons. The molecule has 0 unspecified atom stereocenters. The number of ether oxygens (including phenoxy) is 1. The Morgan fingerprint density at radius 1 is 1.21 bits per heavy atom. The van der Waals surface area contributed by atoms with Crippen LogP contribution in [0.4, 0.5) is 0 Å². The zero-order chi connectivity index (χ0) is 13.7. The van der Waals surface area contributed by atoms with E-state index in [1.54, 1.807) is 0 Å². The number of benzene rings is 1. The van der Waals surface area contributed by atoms with E-state index < -0.39 is 0 Å². The van der Waals surface area contributed by atoms with Crippen LogP contribution < -0.4 is 4.74 Å². The van der Waals surface area contributed by atoms with Crippen LogP contribution in [0.2, 0.25) is 0 Å². The first kappa shape index (κ1) is 13.6. The number of rotatable bonds is 6. The molecule has 0 amide bonds. The number of nitrogens with zero attached hydrogens (tertiary/aromatic N) is 3. The fraction of sp³-hybridized carbons (Fsp3) is 0.467. The molecule has 102 valence electrons. The van der Waals surface area contributed by atoms with Gasteiger partial charge in [0, 0.05) is 12.7 Å². The van der Waals surface area contributed by atoms with Gasteiger partial charge in [-0.25, -0.2) is 0 Å². The van der Waals surface area contributed by atoms with E-state index in [0.29, 0.717) is 6.61 Å². The van der Waals surface area contributed by atoms with Gasteiger partial charge in [-0.3, -0.25) is 4.68 Å². The Morgan fingerprint density at radius 2 is 2.05 bits per heavy atom. The van der Waals surface area contributed by atoms with Gasteiger partial charge in [0.1, 0.15) is 5.75 Å². The first-order valence-corrected chi connectivity index (χ1v) is 6.84. The zero-order valence-corrected chi connectivity index (χ0v) is 11.9. The fourth-order valence-electron chi connectivity index (χ4n) is 2.08. The Bertz CT molecular complexity index is 534. The van der Waals surface area contributed by atoms with Gasteiger partial charge in [0.15, 0.2) is 0 Å². The summed E-state index contributed by atoms with van der Waals surface area (Å²) < 4.78 is 7.36. The van der Waals surface area contributed by atoms with Crippen molar-refractivity contribution < 1.29 is 4.74 Å². The number of hydrogen-bond donors (Lipinski definition) is 0. The van der Waals surface area contributed by atoms with Crippen molar-refractivity contribution in [2.45, 2.75) is 40.2 Å². The Labute approximate surface area is 114 Å². The van der Waals surface area contributed by atoms with Crippen molar-refractivity contribution in [3.05, 3.63) is 41.2 Å². The Kier molecular flexibility index (Phi) is 4.55. The van der Waals surface area contributed by atoms with Crippen LogP contribution in [0, 0.1) is 6.92 Å². The Balaban J connectivity index is 1.99. The van der Waals surface area contributed by atoms with Crippen molar-refractivity contribution in [1.82, 2.24) is 15.0 Å². The number of hydrogen-bond acceptors (Lipinski definition) is 3. The van der Waals surface area contributed by atoms with Crippen molar-refractivity contribution in [3.8, 4) is 5.75 Å². The summed E-state index contributed by atoms with van der Waals surface area (Å²) in [5, 5.41) is 8.22. The lowest BCUT2D eigenvalue weighted by Crippen LogP contribution is -1.97. The SMILES string of the molecule is CCOc1ccc(CCc2cn(CC)nn2)c(C)c1. The second-order valence-electron chi connectivity index (χ2n) is 4.59. The topological polar surface area (TPSA) is 39.9 Å². The average Bonchev–Trinajstić information content (AvgIpc) is 2.86. The van der Waals surface area contributed by atoms with Crippen molar-refractivity contribution in [2.75, 3.05) is 6.61 Å². The standard InChI is InChI=1S/C15H21N3O/c1-4-18-11-14(16-17-18)8-6-13-7-9-15(19-5-2)10-12(13)3/h7,9-11H,4-6,8H2,1-3H3. The minimum absolute atomic E-state index is 0.707. The monoisotopic (exact) mass is 259 g/mol. The molecule has 4 nitrogen and oxygen atoms in total. The summed E-state index contributed by atoms with van der Waals surface area (Å²) in [6, 6.07) is 6.28.